The Morgan fingerprint density at radius 2 is 1.75 bits per heavy atom. The lowest BCUT2D eigenvalue weighted by atomic mass is 9.95. The third-order valence-corrected chi connectivity index (χ3v) is 5.95. The number of carbonyl (C=O) groups is 1. The number of rotatable bonds is 4. The van der Waals surface area contributed by atoms with Crippen LogP contribution in [0.3, 0.4) is 0 Å². The van der Waals surface area contributed by atoms with Crippen LogP contribution in [-0.2, 0) is 4.79 Å². The number of ether oxygens (including phenoxy) is 2. The number of benzene rings is 2. The van der Waals surface area contributed by atoms with Crippen molar-refractivity contribution in [3.8, 4) is 22.9 Å². The molecule has 1 N–H and O–H groups in total. The molecule has 2 aliphatic rings. The van der Waals surface area contributed by atoms with Crippen LogP contribution >= 0.6 is 0 Å². The second-order valence-corrected chi connectivity index (χ2v) is 8.21. The molecule has 1 amide bonds. The Morgan fingerprint density at radius 1 is 1.00 bits per heavy atom. The number of amides is 1. The highest BCUT2D eigenvalue weighted by Crippen LogP contribution is 2.33. The van der Waals surface area contributed by atoms with Gasteiger partial charge < -0.3 is 19.7 Å². The van der Waals surface area contributed by atoms with Crippen molar-refractivity contribution in [3.63, 3.8) is 0 Å². The van der Waals surface area contributed by atoms with Crippen molar-refractivity contribution >= 4 is 17.4 Å². The van der Waals surface area contributed by atoms with Crippen LogP contribution in [0.1, 0.15) is 18.4 Å². The summed E-state index contributed by atoms with van der Waals surface area (Å²) in [7, 11) is 0. The number of nitrogens with zero attached hydrogens (tertiary/aromatic N) is 3. The van der Waals surface area contributed by atoms with Gasteiger partial charge >= 0.3 is 0 Å². The Kier molecular flexibility index (Phi) is 5.62. The van der Waals surface area contributed by atoms with Crippen molar-refractivity contribution in [1.82, 2.24) is 9.97 Å². The number of fused-ring (bicyclic) bond motifs is 1. The van der Waals surface area contributed by atoms with Crippen LogP contribution in [0.4, 0.5) is 11.5 Å². The standard InChI is InChI=1S/C25H26N4O3/c1-17-2-4-18(5-3-17)24-26-11-8-23(28-24)29-12-9-19(10-13-29)25(30)27-20-6-7-21-22(16-20)32-15-14-31-21/h2-8,11,16,19H,9-10,12-15H2,1H3,(H,27,30). The van der Waals surface area contributed by atoms with Gasteiger partial charge in [-0.3, -0.25) is 4.79 Å². The SMILES string of the molecule is Cc1ccc(-c2nccc(N3CCC(C(=O)Nc4ccc5c(c4)OCCO5)CC3)n2)cc1. The van der Waals surface area contributed by atoms with E-state index in [0.717, 1.165) is 54.6 Å². The molecule has 0 spiro atoms. The quantitative estimate of drug-likeness (QED) is 0.672. The lowest BCUT2D eigenvalue weighted by Gasteiger charge is -2.32. The van der Waals surface area contributed by atoms with Crippen LogP contribution in [0, 0.1) is 12.8 Å². The van der Waals surface area contributed by atoms with Gasteiger partial charge in [0, 0.05) is 42.5 Å². The second kappa shape index (κ2) is 8.86. The first-order chi connectivity index (χ1) is 15.7. The van der Waals surface area contributed by atoms with Crippen molar-refractivity contribution in [2.24, 2.45) is 5.92 Å². The van der Waals surface area contributed by atoms with Gasteiger partial charge in [0.15, 0.2) is 17.3 Å². The third-order valence-electron chi connectivity index (χ3n) is 5.95. The molecule has 7 nitrogen and oxygen atoms in total. The van der Waals surface area contributed by atoms with Crippen molar-refractivity contribution in [2.45, 2.75) is 19.8 Å². The van der Waals surface area contributed by atoms with Gasteiger partial charge in [0.2, 0.25) is 5.91 Å². The predicted octanol–water partition coefficient (Wildman–Crippen LogP) is 4.08. The maximum Gasteiger partial charge on any atom is 0.227 e. The van der Waals surface area contributed by atoms with Crippen LogP contribution in [0.5, 0.6) is 11.5 Å². The van der Waals surface area contributed by atoms with Gasteiger partial charge in [0.1, 0.15) is 19.0 Å². The van der Waals surface area contributed by atoms with Gasteiger partial charge in [0.25, 0.3) is 0 Å². The number of anilines is 2. The summed E-state index contributed by atoms with van der Waals surface area (Å²) in [5.41, 5.74) is 2.95. The molecule has 1 saturated heterocycles. The lowest BCUT2D eigenvalue weighted by molar-refractivity contribution is -0.120. The molecule has 0 unspecified atom stereocenters. The zero-order valence-electron chi connectivity index (χ0n) is 18.1. The first-order valence-electron chi connectivity index (χ1n) is 11.0. The summed E-state index contributed by atoms with van der Waals surface area (Å²) in [4.78, 5) is 24.2. The number of hydrogen-bond donors (Lipinski definition) is 1. The number of hydrogen-bond acceptors (Lipinski definition) is 6. The zero-order chi connectivity index (χ0) is 21.9. The summed E-state index contributed by atoms with van der Waals surface area (Å²) in [5.74, 6) is 3.04. The van der Waals surface area contributed by atoms with Crippen molar-refractivity contribution in [1.29, 1.82) is 0 Å². The number of nitrogens with one attached hydrogen (secondary N) is 1. The Morgan fingerprint density at radius 3 is 2.53 bits per heavy atom. The maximum absolute atomic E-state index is 12.8. The molecule has 2 aromatic carbocycles. The highest BCUT2D eigenvalue weighted by Gasteiger charge is 2.26. The zero-order valence-corrected chi connectivity index (χ0v) is 18.1. The van der Waals surface area contributed by atoms with E-state index in [9.17, 15) is 4.79 Å². The van der Waals surface area contributed by atoms with Gasteiger partial charge in [-0.2, -0.15) is 0 Å². The van der Waals surface area contributed by atoms with E-state index in [1.807, 2.05) is 36.4 Å². The van der Waals surface area contributed by atoms with Crippen LogP contribution in [0.15, 0.2) is 54.7 Å². The number of aromatic nitrogens is 2. The fourth-order valence-corrected chi connectivity index (χ4v) is 4.10. The topological polar surface area (TPSA) is 76.6 Å². The molecule has 3 heterocycles. The largest absolute Gasteiger partial charge is 0.486 e. The van der Waals surface area contributed by atoms with Crippen LogP contribution in [-0.4, -0.2) is 42.2 Å². The first-order valence-corrected chi connectivity index (χ1v) is 11.0. The summed E-state index contributed by atoms with van der Waals surface area (Å²) in [6.07, 6.45) is 3.36. The van der Waals surface area contributed by atoms with Gasteiger partial charge in [-0.15, -0.1) is 0 Å². The summed E-state index contributed by atoms with van der Waals surface area (Å²) < 4.78 is 11.1. The van der Waals surface area contributed by atoms with Crippen LogP contribution in [0.2, 0.25) is 0 Å². The van der Waals surface area contributed by atoms with E-state index in [4.69, 9.17) is 14.5 Å². The van der Waals surface area contributed by atoms with Gasteiger partial charge in [-0.25, -0.2) is 9.97 Å². The molecule has 164 valence electrons. The first kappa shape index (κ1) is 20.3. The van der Waals surface area contributed by atoms with Crippen molar-refractivity contribution < 1.29 is 14.3 Å². The summed E-state index contributed by atoms with van der Waals surface area (Å²) >= 11 is 0. The molecule has 2 aliphatic heterocycles. The molecule has 0 aliphatic carbocycles. The fourth-order valence-electron chi connectivity index (χ4n) is 4.10. The third kappa shape index (κ3) is 4.37. The number of piperidine rings is 1. The molecule has 0 saturated carbocycles. The molecule has 0 atom stereocenters. The number of carbonyl (C=O) groups excluding carboxylic acids is 1. The van der Waals surface area contributed by atoms with Crippen LogP contribution in [0.25, 0.3) is 11.4 Å². The molecule has 0 radical (unpaired) electrons. The van der Waals surface area contributed by atoms with Gasteiger partial charge in [-0.05, 0) is 38.0 Å². The Balaban J connectivity index is 1.20. The molecule has 1 aromatic heterocycles. The minimum Gasteiger partial charge on any atom is -0.486 e. The van der Waals surface area contributed by atoms with E-state index in [2.05, 4.69) is 34.3 Å². The van der Waals surface area contributed by atoms with E-state index in [1.165, 1.54) is 5.56 Å². The predicted molar refractivity (Wildman–Crippen MR) is 123 cm³/mol. The summed E-state index contributed by atoms with van der Waals surface area (Å²) in [6, 6.07) is 15.7. The number of aryl methyl sites for hydroxylation is 1. The van der Waals surface area contributed by atoms with E-state index in [0.29, 0.717) is 19.0 Å². The van der Waals surface area contributed by atoms with E-state index in [1.54, 1.807) is 6.20 Å². The summed E-state index contributed by atoms with van der Waals surface area (Å²) in [6.45, 7) is 4.70. The molecule has 5 rings (SSSR count). The fraction of sp³-hybridized carbons (Fsp3) is 0.320. The van der Waals surface area contributed by atoms with Crippen molar-refractivity contribution in [3.05, 3.63) is 60.3 Å². The Labute approximate surface area is 187 Å². The van der Waals surface area contributed by atoms with Gasteiger partial charge in [-0.1, -0.05) is 29.8 Å². The maximum atomic E-state index is 12.8. The molecule has 32 heavy (non-hydrogen) atoms. The van der Waals surface area contributed by atoms with Crippen LogP contribution < -0.4 is 19.7 Å². The molecular weight excluding hydrogens is 404 g/mol. The highest BCUT2D eigenvalue weighted by atomic mass is 16.6. The normalized spacial score (nSPS) is 16.0. The van der Waals surface area contributed by atoms with E-state index < -0.39 is 0 Å². The average Bonchev–Trinajstić information content (AvgIpc) is 2.84. The second-order valence-electron chi connectivity index (χ2n) is 8.21. The average molecular weight is 431 g/mol. The molecule has 7 heteroatoms. The van der Waals surface area contributed by atoms with E-state index >= 15 is 0 Å². The molecular formula is C25H26N4O3. The molecule has 0 bridgehead atoms. The molecule has 1 fully saturated rings. The minimum atomic E-state index is -0.0298. The minimum absolute atomic E-state index is 0.0298. The summed E-state index contributed by atoms with van der Waals surface area (Å²) in [5, 5.41) is 3.03. The van der Waals surface area contributed by atoms with Crippen molar-refractivity contribution in [2.75, 3.05) is 36.5 Å². The monoisotopic (exact) mass is 430 g/mol. The lowest BCUT2D eigenvalue weighted by Crippen LogP contribution is -2.38. The van der Waals surface area contributed by atoms with E-state index in [-0.39, 0.29) is 11.8 Å². The Bertz CT molecular complexity index is 1110. The smallest absolute Gasteiger partial charge is 0.227 e. The highest BCUT2D eigenvalue weighted by molar-refractivity contribution is 5.93. The molecule has 3 aromatic rings. The Hall–Kier alpha value is -3.61. The van der Waals surface area contributed by atoms with Gasteiger partial charge in [0.05, 0.1) is 0 Å².